The second-order valence-corrected chi connectivity index (χ2v) is 5.04. The highest BCUT2D eigenvalue weighted by Gasteiger charge is 2.71. The Bertz CT molecular complexity index is 315. The van der Waals surface area contributed by atoms with Gasteiger partial charge in [-0.05, 0) is 29.9 Å². The van der Waals surface area contributed by atoms with Gasteiger partial charge in [0.15, 0.2) is 0 Å². The largest absolute Gasteiger partial charge is 0.469 e. The maximum atomic E-state index is 6.02. The molecule has 2 heteroatoms. The van der Waals surface area contributed by atoms with Gasteiger partial charge in [-0.1, -0.05) is 20.8 Å². The fourth-order valence-electron chi connectivity index (χ4n) is 3.19. The van der Waals surface area contributed by atoms with Gasteiger partial charge >= 0.3 is 0 Å². The molecule has 1 aromatic heterocycles. The van der Waals surface area contributed by atoms with Gasteiger partial charge in [0.2, 0.25) is 0 Å². The highest BCUT2D eigenvalue weighted by molar-refractivity contribution is 6.18. The molecule has 2 atom stereocenters. The maximum absolute atomic E-state index is 6.02. The first-order valence-electron chi connectivity index (χ1n) is 5.21. The van der Waals surface area contributed by atoms with Crippen molar-refractivity contribution in [1.29, 1.82) is 0 Å². The Hall–Kier alpha value is -0.430. The zero-order chi connectivity index (χ0) is 10.4. The molecule has 1 aliphatic rings. The van der Waals surface area contributed by atoms with Gasteiger partial charge < -0.3 is 4.42 Å². The molecule has 2 rings (SSSR count). The molecule has 0 amide bonds. The maximum Gasteiger partial charge on any atom is 0.110 e. The molecule has 1 aliphatic carbocycles. The van der Waals surface area contributed by atoms with Crippen LogP contribution >= 0.6 is 11.6 Å². The minimum absolute atomic E-state index is 0.179. The highest BCUT2D eigenvalue weighted by Crippen LogP contribution is 2.71. The lowest BCUT2D eigenvalue weighted by Crippen LogP contribution is -2.12. The Morgan fingerprint density at radius 1 is 1.50 bits per heavy atom. The van der Waals surface area contributed by atoms with Crippen LogP contribution in [0.2, 0.25) is 0 Å². The normalized spacial score (nSPS) is 34.4. The first-order chi connectivity index (χ1) is 6.61. The summed E-state index contributed by atoms with van der Waals surface area (Å²) in [6.07, 6.45) is 2.86. The first kappa shape index (κ1) is 10.1. The number of hydrogen-bond donors (Lipinski definition) is 0. The van der Waals surface area contributed by atoms with Gasteiger partial charge in [0.05, 0.1) is 6.26 Å². The Kier molecular flexibility index (Phi) is 2.19. The van der Waals surface area contributed by atoms with Gasteiger partial charge in [0, 0.05) is 11.3 Å². The molecule has 1 saturated carbocycles. The van der Waals surface area contributed by atoms with Gasteiger partial charge in [-0.2, -0.15) is 0 Å². The molecule has 0 spiro atoms. The number of halogens is 1. The monoisotopic (exact) mass is 212 g/mol. The minimum Gasteiger partial charge on any atom is -0.469 e. The third kappa shape index (κ3) is 0.967. The smallest absolute Gasteiger partial charge is 0.110 e. The van der Waals surface area contributed by atoms with E-state index in [2.05, 4.69) is 26.8 Å². The van der Waals surface area contributed by atoms with Gasteiger partial charge in [0.25, 0.3) is 0 Å². The summed E-state index contributed by atoms with van der Waals surface area (Å²) in [6.45, 7) is 6.79. The van der Waals surface area contributed by atoms with E-state index in [1.54, 1.807) is 6.26 Å². The molecule has 0 aromatic carbocycles. The van der Waals surface area contributed by atoms with Crippen LogP contribution in [0.5, 0.6) is 0 Å². The molecule has 0 radical (unpaired) electrons. The van der Waals surface area contributed by atoms with Crippen LogP contribution in [-0.4, -0.2) is 5.88 Å². The number of furan rings is 1. The average molecular weight is 213 g/mol. The summed E-state index contributed by atoms with van der Waals surface area (Å²) in [6, 6.07) is 4.05. The van der Waals surface area contributed by atoms with Crippen LogP contribution in [0.3, 0.4) is 0 Å². The summed E-state index contributed by atoms with van der Waals surface area (Å²) < 4.78 is 5.56. The van der Waals surface area contributed by atoms with Crippen LogP contribution in [0, 0.1) is 11.3 Å². The predicted molar refractivity (Wildman–Crippen MR) is 58.7 cm³/mol. The van der Waals surface area contributed by atoms with Gasteiger partial charge in [-0.25, -0.2) is 0 Å². The Morgan fingerprint density at radius 2 is 2.21 bits per heavy atom. The van der Waals surface area contributed by atoms with Crippen LogP contribution < -0.4 is 0 Å². The molecule has 0 aliphatic heterocycles. The van der Waals surface area contributed by atoms with Crippen molar-refractivity contribution >= 4 is 11.6 Å². The molecular formula is C12H17ClO. The summed E-state index contributed by atoms with van der Waals surface area (Å²) in [5.41, 5.74) is 0.458. The average Bonchev–Trinajstić information content (AvgIpc) is 2.60. The Labute approximate surface area is 90.4 Å². The summed E-state index contributed by atoms with van der Waals surface area (Å²) in [4.78, 5) is 0. The molecule has 1 fully saturated rings. The SMILES string of the molecule is CCC1(c2ccco2)C(CCl)C1(C)C. The fraction of sp³-hybridized carbons (Fsp3) is 0.667. The standard InChI is InChI=1S/C12H17ClO/c1-4-12(10-6-5-7-14-10)9(8-13)11(12,2)3/h5-7,9H,4,8H2,1-3H3. The Balaban J connectivity index is 2.39. The van der Waals surface area contributed by atoms with Crippen LogP contribution in [-0.2, 0) is 5.41 Å². The third-order valence-corrected chi connectivity index (χ3v) is 4.51. The Morgan fingerprint density at radius 3 is 2.57 bits per heavy atom. The molecule has 1 aromatic rings. The predicted octanol–water partition coefficient (Wildman–Crippen LogP) is 3.82. The van der Waals surface area contributed by atoms with E-state index in [1.165, 1.54) is 0 Å². The summed E-state index contributed by atoms with van der Waals surface area (Å²) >= 11 is 6.02. The third-order valence-electron chi connectivity index (χ3n) is 4.21. The topological polar surface area (TPSA) is 13.1 Å². The van der Waals surface area contributed by atoms with Crippen molar-refractivity contribution < 1.29 is 4.42 Å². The van der Waals surface area contributed by atoms with E-state index >= 15 is 0 Å². The lowest BCUT2D eigenvalue weighted by molar-refractivity contribution is 0.382. The molecule has 2 unspecified atom stereocenters. The first-order valence-corrected chi connectivity index (χ1v) is 5.74. The fourth-order valence-corrected chi connectivity index (χ4v) is 3.84. The zero-order valence-corrected chi connectivity index (χ0v) is 9.77. The molecule has 14 heavy (non-hydrogen) atoms. The van der Waals surface area contributed by atoms with Crippen molar-refractivity contribution in [2.75, 3.05) is 5.88 Å². The number of hydrogen-bond acceptors (Lipinski definition) is 1. The lowest BCUT2D eigenvalue weighted by atomic mass is 9.90. The van der Waals surface area contributed by atoms with Crippen molar-refractivity contribution in [3.63, 3.8) is 0 Å². The summed E-state index contributed by atoms with van der Waals surface area (Å²) in [7, 11) is 0. The van der Waals surface area contributed by atoms with Crippen molar-refractivity contribution in [2.24, 2.45) is 11.3 Å². The van der Waals surface area contributed by atoms with E-state index in [4.69, 9.17) is 16.0 Å². The molecule has 0 bridgehead atoms. The summed E-state index contributed by atoms with van der Waals surface area (Å²) in [5.74, 6) is 2.38. The second kappa shape index (κ2) is 3.03. The van der Waals surface area contributed by atoms with Crippen molar-refractivity contribution in [3.8, 4) is 0 Å². The van der Waals surface area contributed by atoms with E-state index in [0.29, 0.717) is 5.92 Å². The molecule has 78 valence electrons. The van der Waals surface area contributed by atoms with Crippen molar-refractivity contribution in [3.05, 3.63) is 24.2 Å². The van der Waals surface area contributed by atoms with E-state index in [9.17, 15) is 0 Å². The number of rotatable bonds is 3. The lowest BCUT2D eigenvalue weighted by Gasteiger charge is -2.15. The van der Waals surface area contributed by atoms with Crippen LogP contribution in [0.1, 0.15) is 33.0 Å². The van der Waals surface area contributed by atoms with Gasteiger partial charge in [-0.15, -0.1) is 11.6 Å². The quantitative estimate of drug-likeness (QED) is 0.695. The molecule has 1 heterocycles. The van der Waals surface area contributed by atoms with Crippen molar-refractivity contribution in [2.45, 2.75) is 32.6 Å². The summed E-state index contributed by atoms with van der Waals surface area (Å²) in [5, 5.41) is 0. The number of alkyl halides is 1. The van der Waals surface area contributed by atoms with Crippen molar-refractivity contribution in [1.82, 2.24) is 0 Å². The molecule has 0 N–H and O–H groups in total. The highest BCUT2D eigenvalue weighted by atomic mass is 35.5. The van der Waals surface area contributed by atoms with E-state index in [1.807, 2.05) is 6.07 Å². The van der Waals surface area contributed by atoms with Gasteiger partial charge in [-0.3, -0.25) is 0 Å². The zero-order valence-electron chi connectivity index (χ0n) is 9.01. The molecule has 0 saturated heterocycles. The van der Waals surface area contributed by atoms with Crippen LogP contribution in [0.4, 0.5) is 0 Å². The van der Waals surface area contributed by atoms with E-state index in [-0.39, 0.29) is 10.8 Å². The second-order valence-electron chi connectivity index (χ2n) is 4.73. The van der Waals surface area contributed by atoms with Gasteiger partial charge in [0.1, 0.15) is 5.76 Å². The minimum atomic E-state index is 0.179. The van der Waals surface area contributed by atoms with Crippen LogP contribution in [0.15, 0.2) is 22.8 Å². The molecule has 1 nitrogen and oxygen atoms in total. The van der Waals surface area contributed by atoms with E-state index in [0.717, 1.165) is 18.1 Å². The molecular weight excluding hydrogens is 196 g/mol. The van der Waals surface area contributed by atoms with Crippen LogP contribution in [0.25, 0.3) is 0 Å². The van der Waals surface area contributed by atoms with E-state index < -0.39 is 0 Å².